The molecule has 3 aromatic rings. The number of nitrogens with zero attached hydrogens (tertiary/aromatic N) is 5. The molecule has 36 heavy (non-hydrogen) atoms. The van der Waals surface area contributed by atoms with Crippen molar-refractivity contribution in [3.05, 3.63) is 71.4 Å². The monoisotopic (exact) mass is 495 g/mol. The number of likely N-dealkylation sites (N-methyl/N-ethyl adjacent to an activating group) is 3. The maximum absolute atomic E-state index is 14.5. The van der Waals surface area contributed by atoms with Crippen molar-refractivity contribution < 1.29 is 13.6 Å². The summed E-state index contributed by atoms with van der Waals surface area (Å²) in [4.78, 5) is 26.9. The quantitative estimate of drug-likeness (QED) is 0.441. The number of carbonyl (C=O) groups excluding carboxylic acids is 1. The van der Waals surface area contributed by atoms with Crippen LogP contribution >= 0.6 is 0 Å². The van der Waals surface area contributed by atoms with Crippen LogP contribution in [0.1, 0.15) is 17.2 Å². The van der Waals surface area contributed by atoms with E-state index in [0.29, 0.717) is 17.5 Å². The number of nitrogens with one attached hydrogen (secondary N) is 2. The summed E-state index contributed by atoms with van der Waals surface area (Å²) in [5.41, 5.74) is 2.17. The van der Waals surface area contributed by atoms with Crippen LogP contribution in [0.4, 0.5) is 31.9 Å². The minimum absolute atomic E-state index is 0.303. The van der Waals surface area contributed by atoms with Gasteiger partial charge in [-0.15, -0.1) is 0 Å². The van der Waals surface area contributed by atoms with E-state index < -0.39 is 23.6 Å². The normalized spacial score (nSPS) is 15.4. The Morgan fingerprint density at radius 2 is 1.72 bits per heavy atom. The number of amides is 1. The molecule has 10 heteroatoms. The van der Waals surface area contributed by atoms with Crippen molar-refractivity contribution in [2.24, 2.45) is 0 Å². The summed E-state index contributed by atoms with van der Waals surface area (Å²) in [7, 11) is 7.25. The first-order chi connectivity index (χ1) is 17.3. The predicted octanol–water partition coefficient (Wildman–Crippen LogP) is 3.35. The number of benzene rings is 2. The summed E-state index contributed by atoms with van der Waals surface area (Å²) in [6.45, 7) is 2.84. The molecule has 1 aromatic heterocycles. The largest absolute Gasteiger partial charge is 0.342 e. The number of hydrogen-bond acceptors (Lipinski definition) is 7. The maximum atomic E-state index is 14.5. The van der Waals surface area contributed by atoms with Crippen LogP contribution in [0, 0.1) is 11.6 Å². The van der Waals surface area contributed by atoms with Gasteiger partial charge in [-0.1, -0.05) is 18.2 Å². The zero-order valence-electron chi connectivity index (χ0n) is 20.9. The number of halogens is 2. The Kier molecular flexibility index (Phi) is 7.76. The smallest absolute Gasteiger partial charge is 0.254 e. The highest BCUT2D eigenvalue weighted by Gasteiger charge is 2.40. The third-order valence-electron chi connectivity index (χ3n) is 6.21. The van der Waals surface area contributed by atoms with E-state index in [1.807, 2.05) is 24.3 Å². The lowest BCUT2D eigenvalue weighted by Crippen LogP contribution is -2.46. The molecule has 0 saturated heterocycles. The number of fused-ring (bicyclic) bond motifs is 1. The van der Waals surface area contributed by atoms with Crippen LogP contribution in [0.15, 0.2) is 48.7 Å². The lowest BCUT2D eigenvalue weighted by atomic mass is 10.0. The zero-order chi connectivity index (χ0) is 25.8. The van der Waals surface area contributed by atoms with E-state index in [1.165, 1.54) is 27.6 Å². The van der Waals surface area contributed by atoms with Crippen molar-refractivity contribution in [1.82, 2.24) is 20.2 Å². The molecule has 0 aliphatic carbocycles. The Hall–Kier alpha value is -3.63. The van der Waals surface area contributed by atoms with Crippen LogP contribution in [0.2, 0.25) is 0 Å². The van der Waals surface area contributed by atoms with Crippen molar-refractivity contribution in [3.8, 4) is 0 Å². The van der Waals surface area contributed by atoms with E-state index >= 15 is 0 Å². The second-order valence-corrected chi connectivity index (χ2v) is 9.07. The summed E-state index contributed by atoms with van der Waals surface area (Å²) in [6, 6.07) is 10.4. The molecule has 1 unspecified atom stereocenters. The second-order valence-electron chi connectivity index (χ2n) is 9.07. The van der Waals surface area contributed by atoms with Crippen LogP contribution in [0.3, 0.4) is 0 Å². The molecule has 2 N–H and O–H groups in total. The third-order valence-corrected chi connectivity index (χ3v) is 6.21. The van der Waals surface area contributed by atoms with Crippen LogP contribution in [0.5, 0.6) is 0 Å². The standard InChI is InChI=1S/C26H31F2N7O/c1-33(2)15-14-29-13-12-17-8-10-18(11-9-17)31-26-30-16-21-24(32-26)35(4)23(25(36)34(21)3)22-19(27)6-5-7-20(22)28/h5-11,16,23,29H,12-15H2,1-4H3,(H,30,31,32). The van der Waals surface area contributed by atoms with Crippen LogP contribution in [-0.2, 0) is 11.2 Å². The van der Waals surface area contributed by atoms with Gasteiger partial charge in [0.2, 0.25) is 5.95 Å². The molecule has 0 saturated carbocycles. The number of anilines is 4. The molecule has 190 valence electrons. The van der Waals surface area contributed by atoms with Gasteiger partial charge in [-0.2, -0.15) is 4.98 Å². The Morgan fingerprint density at radius 1 is 1.03 bits per heavy atom. The molecule has 0 radical (unpaired) electrons. The average Bonchev–Trinajstić information content (AvgIpc) is 2.85. The second kappa shape index (κ2) is 11.0. The zero-order valence-corrected chi connectivity index (χ0v) is 20.9. The number of carbonyl (C=O) groups is 1. The van der Waals surface area contributed by atoms with Gasteiger partial charge in [-0.3, -0.25) is 4.79 Å². The molecule has 1 amide bonds. The molecule has 8 nitrogen and oxygen atoms in total. The molecule has 2 aromatic carbocycles. The van der Waals surface area contributed by atoms with Gasteiger partial charge >= 0.3 is 0 Å². The van der Waals surface area contributed by atoms with E-state index in [4.69, 9.17) is 0 Å². The van der Waals surface area contributed by atoms with Gasteiger partial charge in [0.25, 0.3) is 5.91 Å². The molecule has 2 heterocycles. The highest BCUT2D eigenvalue weighted by molar-refractivity contribution is 6.04. The van der Waals surface area contributed by atoms with Crippen molar-refractivity contribution in [2.75, 3.05) is 62.9 Å². The van der Waals surface area contributed by atoms with Crippen molar-refractivity contribution in [3.63, 3.8) is 0 Å². The van der Waals surface area contributed by atoms with Crippen LogP contribution < -0.4 is 20.4 Å². The maximum Gasteiger partial charge on any atom is 0.254 e. The molecule has 1 aliphatic heterocycles. The topological polar surface area (TPSA) is 76.6 Å². The van der Waals surface area contributed by atoms with Crippen molar-refractivity contribution in [2.45, 2.75) is 12.5 Å². The first-order valence-corrected chi connectivity index (χ1v) is 11.8. The Morgan fingerprint density at radius 3 is 2.39 bits per heavy atom. The molecule has 0 fully saturated rings. The predicted molar refractivity (Wildman–Crippen MR) is 138 cm³/mol. The summed E-state index contributed by atoms with van der Waals surface area (Å²) in [5.74, 6) is -1.32. The van der Waals surface area contributed by atoms with Gasteiger partial charge in [0.1, 0.15) is 23.4 Å². The van der Waals surface area contributed by atoms with Gasteiger partial charge in [0, 0.05) is 32.9 Å². The fourth-order valence-corrected chi connectivity index (χ4v) is 4.15. The summed E-state index contributed by atoms with van der Waals surface area (Å²) in [5, 5.41) is 6.60. The van der Waals surface area contributed by atoms with E-state index in [-0.39, 0.29) is 5.56 Å². The summed E-state index contributed by atoms with van der Waals surface area (Å²) in [6.07, 6.45) is 2.45. The number of rotatable bonds is 9. The highest BCUT2D eigenvalue weighted by atomic mass is 19.1. The average molecular weight is 496 g/mol. The van der Waals surface area contributed by atoms with Gasteiger partial charge in [0.05, 0.1) is 11.8 Å². The Labute approximate surface area is 210 Å². The fraction of sp³-hybridized carbons (Fsp3) is 0.346. The van der Waals surface area contributed by atoms with E-state index in [0.717, 1.165) is 43.9 Å². The van der Waals surface area contributed by atoms with E-state index in [2.05, 4.69) is 39.6 Å². The third kappa shape index (κ3) is 5.44. The van der Waals surface area contributed by atoms with Gasteiger partial charge in [0.15, 0.2) is 5.82 Å². The fourth-order valence-electron chi connectivity index (χ4n) is 4.15. The van der Waals surface area contributed by atoms with E-state index in [9.17, 15) is 13.6 Å². The molecule has 0 bridgehead atoms. The Bertz CT molecular complexity index is 1200. The lowest BCUT2D eigenvalue weighted by molar-refractivity contribution is -0.120. The summed E-state index contributed by atoms with van der Waals surface area (Å²) < 4.78 is 29.1. The van der Waals surface area contributed by atoms with Crippen molar-refractivity contribution in [1.29, 1.82) is 0 Å². The molecule has 4 rings (SSSR count). The first kappa shape index (κ1) is 25.5. The minimum Gasteiger partial charge on any atom is -0.342 e. The van der Waals surface area contributed by atoms with Crippen LogP contribution in [0.25, 0.3) is 0 Å². The number of aromatic nitrogens is 2. The SMILES string of the molecule is CN(C)CCNCCc1ccc(Nc2ncc3c(n2)N(C)C(c2c(F)cccc2F)C(=O)N3C)cc1. The summed E-state index contributed by atoms with van der Waals surface area (Å²) >= 11 is 0. The van der Waals surface area contributed by atoms with E-state index in [1.54, 1.807) is 14.1 Å². The van der Waals surface area contributed by atoms with Crippen molar-refractivity contribution >= 4 is 29.0 Å². The van der Waals surface area contributed by atoms with Gasteiger partial charge in [-0.05, 0) is 56.9 Å². The molecular weight excluding hydrogens is 464 g/mol. The molecular formula is C26H31F2N7O. The van der Waals surface area contributed by atoms with Gasteiger partial charge < -0.3 is 25.3 Å². The molecule has 1 aliphatic rings. The molecule has 0 spiro atoms. The number of hydrogen-bond donors (Lipinski definition) is 2. The highest BCUT2D eigenvalue weighted by Crippen LogP contribution is 2.40. The van der Waals surface area contributed by atoms with Crippen LogP contribution in [-0.4, -0.2) is 68.6 Å². The molecule has 1 atom stereocenters. The van der Waals surface area contributed by atoms with Gasteiger partial charge in [-0.25, -0.2) is 13.8 Å². The first-order valence-electron chi connectivity index (χ1n) is 11.8. The minimum atomic E-state index is -1.18. The lowest BCUT2D eigenvalue weighted by Gasteiger charge is -2.38. The Balaban J connectivity index is 1.48.